The number of sulfone groups is 1. The van der Waals surface area contributed by atoms with Crippen molar-refractivity contribution in [3.8, 4) is 11.1 Å². The largest absolute Gasteiger partial charge is 0.315 e. The van der Waals surface area contributed by atoms with Crippen molar-refractivity contribution < 1.29 is 18.4 Å². The van der Waals surface area contributed by atoms with Gasteiger partial charge in [0.25, 0.3) is 11.5 Å². The highest BCUT2D eigenvalue weighted by atomic mass is 35.5. The van der Waals surface area contributed by atoms with Crippen molar-refractivity contribution in [2.24, 2.45) is 0 Å². The molecule has 0 spiro atoms. The van der Waals surface area contributed by atoms with Crippen LogP contribution in [-0.2, 0) is 21.2 Å². The predicted molar refractivity (Wildman–Crippen MR) is 104 cm³/mol. The lowest BCUT2D eigenvalue weighted by Crippen LogP contribution is -2.49. The van der Waals surface area contributed by atoms with Crippen LogP contribution in [0.1, 0.15) is 18.9 Å². The number of aryl methyl sites for hydroxylation is 2. The van der Waals surface area contributed by atoms with Gasteiger partial charge in [0, 0.05) is 30.6 Å². The zero-order valence-corrected chi connectivity index (χ0v) is 16.8. The summed E-state index contributed by atoms with van der Waals surface area (Å²) in [7, 11) is -3.83. The summed E-state index contributed by atoms with van der Waals surface area (Å²) in [5.74, 6) is -1.04. The van der Waals surface area contributed by atoms with Crippen LogP contribution < -0.4 is 11.0 Å². The van der Waals surface area contributed by atoms with Crippen LogP contribution >= 0.6 is 11.6 Å². The Morgan fingerprint density at radius 2 is 2.00 bits per heavy atom. The van der Waals surface area contributed by atoms with Gasteiger partial charge in [0.05, 0.1) is 5.02 Å². The Morgan fingerprint density at radius 3 is 2.56 bits per heavy atom. The van der Waals surface area contributed by atoms with Gasteiger partial charge in [-0.2, -0.15) is 0 Å². The lowest BCUT2D eigenvalue weighted by atomic mass is 10.0. The number of nitrogens with one attached hydrogen (secondary N) is 1. The zero-order valence-electron chi connectivity index (χ0n) is 15.2. The Morgan fingerprint density at radius 1 is 1.33 bits per heavy atom. The Bertz CT molecular complexity index is 1030. The molecule has 0 saturated carbocycles. The van der Waals surface area contributed by atoms with E-state index in [0.717, 1.165) is 17.4 Å². The van der Waals surface area contributed by atoms with Gasteiger partial charge in [-0.25, -0.2) is 13.9 Å². The second-order valence-electron chi connectivity index (χ2n) is 6.58. The van der Waals surface area contributed by atoms with Gasteiger partial charge in [-0.15, -0.1) is 0 Å². The molecule has 0 saturated heterocycles. The quantitative estimate of drug-likeness (QED) is 0.558. The number of hydrogen-bond donors (Lipinski definition) is 2. The van der Waals surface area contributed by atoms with Crippen LogP contribution in [0.3, 0.4) is 0 Å². The molecule has 0 unspecified atom stereocenters. The molecular formula is C18H21ClN2O5S. The maximum absolute atomic E-state index is 12.4. The number of pyridine rings is 1. The summed E-state index contributed by atoms with van der Waals surface area (Å²) in [6.07, 6.45) is 2.26. The Balaban J connectivity index is 2.33. The molecular weight excluding hydrogens is 392 g/mol. The van der Waals surface area contributed by atoms with Crippen LogP contribution in [0.5, 0.6) is 0 Å². The Labute approximate surface area is 162 Å². The summed E-state index contributed by atoms with van der Waals surface area (Å²) in [6.45, 7) is 3.06. The van der Waals surface area contributed by atoms with E-state index in [4.69, 9.17) is 16.8 Å². The Hall–Kier alpha value is -2.16. The van der Waals surface area contributed by atoms with E-state index in [0.29, 0.717) is 10.6 Å². The number of halogens is 1. The number of nitrogens with zero attached hydrogens (tertiary/aromatic N) is 1. The average molecular weight is 413 g/mol. The van der Waals surface area contributed by atoms with Gasteiger partial charge in [-0.05, 0) is 37.5 Å². The van der Waals surface area contributed by atoms with Crippen LogP contribution in [0.25, 0.3) is 11.1 Å². The van der Waals surface area contributed by atoms with Crippen molar-refractivity contribution in [3.63, 3.8) is 0 Å². The third kappa shape index (κ3) is 4.23. The summed E-state index contributed by atoms with van der Waals surface area (Å²) in [4.78, 5) is 24.3. The summed E-state index contributed by atoms with van der Waals surface area (Å²) >= 11 is 6.30. The molecule has 2 aromatic rings. The first-order valence-corrected chi connectivity index (χ1v) is 10.4. The summed E-state index contributed by atoms with van der Waals surface area (Å²) in [5, 5.41) is 9.41. The molecule has 0 radical (unpaired) electrons. The summed E-state index contributed by atoms with van der Waals surface area (Å²) in [6, 6.07) is 8.62. The molecule has 9 heteroatoms. The van der Waals surface area contributed by atoms with Crippen molar-refractivity contribution in [1.29, 1.82) is 0 Å². The van der Waals surface area contributed by atoms with E-state index in [1.165, 1.54) is 29.2 Å². The van der Waals surface area contributed by atoms with Gasteiger partial charge in [-0.1, -0.05) is 29.8 Å². The normalized spacial score (nSPS) is 13.8. The van der Waals surface area contributed by atoms with Crippen molar-refractivity contribution in [3.05, 3.63) is 57.5 Å². The highest BCUT2D eigenvalue weighted by Gasteiger charge is 2.43. The van der Waals surface area contributed by atoms with Gasteiger partial charge in [0.1, 0.15) is 0 Å². The fraction of sp³-hybridized carbons (Fsp3) is 0.333. The van der Waals surface area contributed by atoms with E-state index in [2.05, 4.69) is 0 Å². The molecule has 1 atom stereocenters. The first kappa shape index (κ1) is 21.1. The molecule has 27 heavy (non-hydrogen) atoms. The number of rotatable bonds is 6. The molecule has 2 rings (SSSR count). The minimum absolute atomic E-state index is 0.0162. The maximum atomic E-state index is 12.4. The second kappa shape index (κ2) is 7.84. The lowest BCUT2D eigenvalue weighted by molar-refractivity contribution is -0.131. The number of aromatic nitrogens is 1. The molecule has 1 aromatic carbocycles. The van der Waals surface area contributed by atoms with E-state index in [1.54, 1.807) is 12.1 Å². The summed E-state index contributed by atoms with van der Waals surface area (Å²) < 4.78 is 23.4. The highest BCUT2D eigenvalue weighted by Crippen LogP contribution is 2.29. The minimum Gasteiger partial charge on any atom is -0.315 e. The van der Waals surface area contributed by atoms with Crippen molar-refractivity contribution in [2.45, 2.75) is 31.6 Å². The number of amides is 1. The third-order valence-electron chi connectivity index (χ3n) is 4.73. The molecule has 0 aliphatic rings. The van der Waals surface area contributed by atoms with Gasteiger partial charge < -0.3 is 4.57 Å². The van der Waals surface area contributed by atoms with E-state index in [9.17, 15) is 18.0 Å². The molecule has 146 valence electrons. The van der Waals surface area contributed by atoms with Crippen molar-refractivity contribution in [1.82, 2.24) is 10.0 Å². The number of hydroxylamine groups is 1. The van der Waals surface area contributed by atoms with Gasteiger partial charge in [-0.3, -0.25) is 14.8 Å². The smallest absolute Gasteiger partial charge is 0.264 e. The highest BCUT2D eigenvalue weighted by molar-refractivity contribution is 7.92. The van der Waals surface area contributed by atoms with Gasteiger partial charge in [0.15, 0.2) is 14.6 Å². The first-order chi connectivity index (χ1) is 12.5. The van der Waals surface area contributed by atoms with Crippen LogP contribution in [0.4, 0.5) is 0 Å². The molecule has 2 N–H and O–H groups in total. The van der Waals surface area contributed by atoms with Gasteiger partial charge >= 0.3 is 0 Å². The summed E-state index contributed by atoms with van der Waals surface area (Å²) in [5.41, 5.74) is 3.28. The number of benzene rings is 1. The fourth-order valence-corrected chi connectivity index (χ4v) is 3.73. The van der Waals surface area contributed by atoms with E-state index in [1.807, 2.05) is 19.1 Å². The minimum atomic E-state index is -3.83. The topological polar surface area (TPSA) is 105 Å². The Kier molecular flexibility index (Phi) is 6.14. The molecule has 0 fully saturated rings. The molecule has 0 aliphatic carbocycles. The molecule has 7 nitrogen and oxygen atoms in total. The number of carbonyl (C=O) groups excluding carboxylic acids is 1. The number of hydrogen-bond acceptors (Lipinski definition) is 5. The van der Waals surface area contributed by atoms with Crippen LogP contribution in [0.15, 0.2) is 41.3 Å². The zero-order chi connectivity index (χ0) is 20.4. The van der Waals surface area contributed by atoms with Crippen LogP contribution in [0.2, 0.25) is 5.02 Å². The molecule has 1 amide bonds. The third-order valence-corrected chi connectivity index (χ3v) is 7.26. The van der Waals surface area contributed by atoms with Gasteiger partial charge in [0.2, 0.25) is 0 Å². The molecule has 0 aliphatic heterocycles. The standard InChI is InChI=1S/C18H21ClN2O5S/c1-12-5-4-6-14(16(12)19)13-7-9-21(15(22)11-13)10-8-18(2,17(23)20-24)27(3,25)26/h4-7,9,11,24H,8,10H2,1-3H3,(H,20,23)/t18-/m1/s1. The molecule has 1 heterocycles. The van der Waals surface area contributed by atoms with Crippen LogP contribution in [-0.4, -0.2) is 35.1 Å². The van der Waals surface area contributed by atoms with E-state index >= 15 is 0 Å². The van der Waals surface area contributed by atoms with E-state index in [-0.39, 0.29) is 18.5 Å². The lowest BCUT2D eigenvalue weighted by Gasteiger charge is -2.25. The second-order valence-corrected chi connectivity index (χ2v) is 9.40. The fourth-order valence-electron chi connectivity index (χ4n) is 2.65. The monoisotopic (exact) mass is 412 g/mol. The predicted octanol–water partition coefficient (Wildman–Crippen LogP) is 2.18. The average Bonchev–Trinajstić information content (AvgIpc) is 2.61. The van der Waals surface area contributed by atoms with Crippen molar-refractivity contribution in [2.75, 3.05) is 6.26 Å². The number of carbonyl (C=O) groups is 1. The SMILES string of the molecule is Cc1cccc(-c2ccn(CC[C@](C)(C(=O)NO)S(C)(=O)=O)c(=O)c2)c1Cl. The first-order valence-electron chi connectivity index (χ1n) is 8.11. The molecule has 1 aromatic heterocycles. The maximum Gasteiger partial charge on any atom is 0.264 e. The van der Waals surface area contributed by atoms with E-state index < -0.39 is 20.5 Å². The van der Waals surface area contributed by atoms with Crippen LogP contribution in [0, 0.1) is 6.92 Å². The molecule has 0 bridgehead atoms. The van der Waals surface area contributed by atoms with Crippen molar-refractivity contribution >= 4 is 27.3 Å².